The molecule has 1 aliphatic rings. The molecule has 0 unspecified atom stereocenters. The van der Waals surface area contributed by atoms with Crippen LogP contribution < -0.4 is 0 Å². The third-order valence-corrected chi connectivity index (χ3v) is 4.59. The van der Waals surface area contributed by atoms with E-state index in [2.05, 4.69) is 5.16 Å². The SMILES string of the molecule is CCc1onc(C)c1[C@@H]1CCCN1C(=O)c1cccc(C(F)(F)F)c1. The van der Waals surface area contributed by atoms with Crippen LogP contribution >= 0.6 is 0 Å². The summed E-state index contributed by atoms with van der Waals surface area (Å²) in [7, 11) is 0. The number of hydrogen-bond acceptors (Lipinski definition) is 3. The average molecular weight is 352 g/mol. The number of nitrogens with zero attached hydrogens (tertiary/aromatic N) is 2. The van der Waals surface area contributed by atoms with Gasteiger partial charge >= 0.3 is 6.18 Å². The van der Waals surface area contributed by atoms with Crippen molar-refractivity contribution in [1.82, 2.24) is 10.1 Å². The van der Waals surface area contributed by atoms with E-state index < -0.39 is 17.6 Å². The number of carbonyl (C=O) groups is 1. The summed E-state index contributed by atoms with van der Waals surface area (Å²) in [4.78, 5) is 14.5. The minimum Gasteiger partial charge on any atom is -0.361 e. The van der Waals surface area contributed by atoms with Crippen LogP contribution in [-0.2, 0) is 12.6 Å². The first-order valence-corrected chi connectivity index (χ1v) is 8.26. The lowest BCUT2D eigenvalue weighted by atomic mass is 10.0. The molecule has 0 N–H and O–H groups in total. The van der Waals surface area contributed by atoms with Gasteiger partial charge in [-0.2, -0.15) is 13.2 Å². The molecule has 3 rings (SSSR count). The van der Waals surface area contributed by atoms with Crippen LogP contribution in [0, 0.1) is 6.92 Å². The van der Waals surface area contributed by atoms with Crippen LogP contribution in [0.4, 0.5) is 13.2 Å². The molecular weight excluding hydrogens is 333 g/mol. The first kappa shape index (κ1) is 17.5. The Hall–Kier alpha value is -2.31. The van der Waals surface area contributed by atoms with E-state index in [1.807, 2.05) is 13.8 Å². The molecule has 134 valence electrons. The molecule has 25 heavy (non-hydrogen) atoms. The van der Waals surface area contributed by atoms with Gasteiger partial charge in [-0.05, 0) is 38.0 Å². The van der Waals surface area contributed by atoms with E-state index in [4.69, 9.17) is 4.52 Å². The van der Waals surface area contributed by atoms with Crippen LogP contribution in [0.5, 0.6) is 0 Å². The Bertz CT molecular complexity index is 783. The van der Waals surface area contributed by atoms with Gasteiger partial charge in [0.05, 0.1) is 17.3 Å². The van der Waals surface area contributed by atoms with Crippen LogP contribution in [-0.4, -0.2) is 22.5 Å². The van der Waals surface area contributed by atoms with Gasteiger partial charge in [-0.1, -0.05) is 18.1 Å². The predicted molar refractivity (Wildman–Crippen MR) is 85.1 cm³/mol. The van der Waals surface area contributed by atoms with Crippen molar-refractivity contribution in [2.45, 2.75) is 45.3 Å². The largest absolute Gasteiger partial charge is 0.416 e. The van der Waals surface area contributed by atoms with Crippen molar-refractivity contribution in [3.05, 3.63) is 52.4 Å². The van der Waals surface area contributed by atoms with E-state index in [0.29, 0.717) is 13.0 Å². The second-order valence-corrected chi connectivity index (χ2v) is 6.19. The maximum absolute atomic E-state index is 12.9. The monoisotopic (exact) mass is 352 g/mol. The van der Waals surface area contributed by atoms with E-state index in [-0.39, 0.29) is 11.6 Å². The average Bonchev–Trinajstić information content (AvgIpc) is 3.19. The normalized spacial score (nSPS) is 18.0. The molecule has 7 heteroatoms. The number of alkyl halides is 3. The van der Waals surface area contributed by atoms with Crippen molar-refractivity contribution in [2.24, 2.45) is 0 Å². The van der Waals surface area contributed by atoms with Crippen LogP contribution in [0.3, 0.4) is 0 Å². The smallest absolute Gasteiger partial charge is 0.361 e. The molecule has 0 bridgehead atoms. The number of hydrogen-bond donors (Lipinski definition) is 0. The van der Waals surface area contributed by atoms with Crippen LogP contribution in [0.2, 0.25) is 0 Å². The van der Waals surface area contributed by atoms with Crippen molar-refractivity contribution in [1.29, 1.82) is 0 Å². The van der Waals surface area contributed by atoms with Crippen molar-refractivity contribution in [2.75, 3.05) is 6.54 Å². The quantitative estimate of drug-likeness (QED) is 0.815. The summed E-state index contributed by atoms with van der Waals surface area (Å²) in [6, 6.07) is 4.37. The molecule has 0 spiro atoms. The van der Waals surface area contributed by atoms with E-state index in [1.165, 1.54) is 12.1 Å². The lowest BCUT2D eigenvalue weighted by Gasteiger charge is -2.25. The topological polar surface area (TPSA) is 46.3 Å². The van der Waals surface area contributed by atoms with Crippen molar-refractivity contribution in [3.63, 3.8) is 0 Å². The number of aromatic nitrogens is 1. The lowest BCUT2D eigenvalue weighted by Crippen LogP contribution is -2.31. The van der Waals surface area contributed by atoms with Gasteiger partial charge < -0.3 is 9.42 Å². The molecule has 1 aliphatic heterocycles. The van der Waals surface area contributed by atoms with Gasteiger partial charge in [0, 0.05) is 24.1 Å². The van der Waals surface area contributed by atoms with E-state index in [0.717, 1.165) is 42.0 Å². The zero-order valence-electron chi connectivity index (χ0n) is 14.1. The minimum absolute atomic E-state index is 0.0499. The van der Waals surface area contributed by atoms with Crippen LogP contribution in [0.25, 0.3) is 0 Å². The first-order chi connectivity index (χ1) is 11.8. The maximum atomic E-state index is 12.9. The molecule has 0 aliphatic carbocycles. The molecule has 1 atom stereocenters. The predicted octanol–water partition coefficient (Wildman–Crippen LogP) is 4.54. The number of amides is 1. The molecule has 0 saturated carbocycles. The first-order valence-electron chi connectivity index (χ1n) is 8.26. The Morgan fingerprint density at radius 3 is 2.84 bits per heavy atom. The molecule has 1 aromatic carbocycles. The second-order valence-electron chi connectivity index (χ2n) is 6.19. The summed E-state index contributed by atoms with van der Waals surface area (Å²) in [5.74, 6) is 0.336. The molecule has 0 radical (unpaired) electrons. The zero-order chi connectivity index (χ0) is 18.2. The number of benzene rings is 1. The highest BCUT2D eigenvalue weighted by Gasteiger charge is 2.36. The van der Waals surface area contributed by atoms with E-state index in [9.17, 15) is 18.0 Å². The molecule has 4 nitrogen and oxygen atoms in total. The van der Waals surface area contributed by atoms with Crippen molar-refractivity contribution < 1.29 is 22.5 Å². The summed E-state index contributed by atoms with van der Waals surface area (Å²) in [5.41, 5.74) is 0.851. The maximum Gasteiger partial charge on any atom is 0.416 e. The number of carbonyl (C=O) groups excluding carboxylic acids is 1. The summed E-state index contributed by atoms with van der Waals surface area (Å²) >= 11 is 0. The molecule has 1 saturated heterocycles. The van der Waals surface area contributed by atoms with Gasteiger partial charge in [-0.15, -0.1) is 0 Å². The number of halogens is 3. The fraction of sp³-hybridized carbons (Fsp3) is 0.444. The van der Waals surface area contributed by atoms with Gasteiger partial charge in [-0.25, -0.2) is 0 Å². The highest BCUT2D eigenvalue weighted by Crippen LogP contribution is 2.37. The summed E-state index contributed by atoms with van der Waals surface area (Å²) in [6.45, 7) is 4.27. The van der Waals surface area contributed by atoms with Gasteiger partial charge in [0.2, 0.25) is 0 Å². The van der Waals surface area contributed by atoms with Crippen molar-refractivity contribution >= 4 is 5.91 Å². The fourth-order valence-corrected chi connectivity index (χ4v) is 3.41. The highest BCUT2D eigenvalue weighted by molar-refractivity contribution is 5.95. The van der Waals surface area contributed by atoms with Gasteiger partial charge in [0.25, 0.3) is 5.91 Å². The van der Waals surface area contributed by atoms with E-state index >= 15 is 0 Å². The molecule has 2 heterocycles. The highest BCUT2D eigenvalue weighted by atomic mass is 19.4. The molecule has 1 aromatic heterocycles. The number of likely N-dealkylation sites (tertiary alicyclic amines) is 1. The zero-order valence-corrected chi connectivity index (χ0v) is 14.1. The lowest BCUT2D eigenvalue weighted by molar-refractivity contribution is -0.137. The van der Waals surface area contributed by atoms with Gasteiger partial charge in [-0.3, -0.25) is 4.79 Å². The van der Waals surface area contributed by atoms with Crippen molar-refractivity contribution in [3.8, 4) is 0 Å². The summed E-state index contributed by atoms with van der Waals surface area (Å²) in [6.07, 6.45) is -2.28. The third-order valence-electron chi connectivity index (χ3n) is 4.59. The molecule has 1 amide bonds. The number of rotatable bonds is 3. The standard InChI is InChI=1S/C18H19F3N2O2/c1-3-15-16(11(2)22-25-15)14-8-5-9-23(14)17(24)12-6-4-7-13(10-12)18(19,20)21/h4,6-7,10,14H,3,5,8-9H2,1-2H3/t14-/m0/s1. The minimum atomic E-state index is -4.47. The molecule has 1 fully saturated rings. The summed E-state index contributed by atoms with van der Waals surface area (Å²) < 4.78 is 44.1. The Morgan fingerprint density at radius 1 is 1.40 bits per heavy atom. The third kappa shape index (κ3) is 3.27. The molecule has 2 aromatic rings. The van der Waals surface area contributed by atoms with Gasteiger partial charge in [0.1, 0.15) is 5.76 Å². The van der Waals surface area contributed by atoms with E-state index in [1.54, 1.807) is 4.90 Å². The second kappa shape index (κ2) is 6.54. The van der Waals surface area contributed by atoms with Gasteiger partial charge in [0.15, 0.2) is 0 Å². The number of aryl methyl sites for hydroxylation is 2. The van der Waals surface area contributed by atoms with Crippen LogP contribution in [0.15, 0.2) is 28.8 Å². The Kier molecular flexibility index (Phi) is 4.58. The Labute approximate surface area is 143 Å². The fourth-order valence-electron chi connectivity index (χ4n) is 3.41. The Balaban J connectivity index is 1.93. The van der Waals surface area contributed by atoms with Crippen LogP contribution in [0.1, 0.15) is 58.7 Å². The molecular formula is C18H19F3N2O2. The Morgan fingerprint density at radius 2 is 2.16 bits per heavy atom. The summed E-state index contributed by atoms with van der Waals surface area (Å²) in [5, 5.41) is 3.98.